The van der Waals surface area contributed by atoms with Gasteiger partial charge in [0.05, 0.1) is 5.02 Å². The summed E-state index contributed by atoms with van der Waals surface area (Å²) in [5.74, 6) is -0.447. The predicted octanol–water partition coefficient (Wildman–Crippen LogP) is 2.61. The van der Waals surface area contributed by atoms with Gasteiger partial charge in [0.1, 0.15) is 11.6 Å². The summed E-state index contributed by atoms with van der Waals surface area (Å²) < 4.78 is 13.4. The molecule has 15 heavy (non-hydrogen) atoms. The Morgan fingerprint density at radius 1 is 1.47 bits per heavy atom. The zero-order valence-electron chi connectivity index (χ0n) is 8.26. The van der Waals surface area contributed by atoms with E-state index in [4.69, 9.17) is 17.3 Å². The van der Waals surface area contributed by atoms with Crippen LogP contribution in [0.2, 0.25) is 5.02 Å². The molecule has 82 valence electrons. The second kappa shape index (κ2) is 3.65. The summed E-state index contributed by atoms with van der Waals surface area (Å²) in [5, 5.41) is 9.45. The lowest BCUT2D eigenvalue weighted by atomic mass is 10.0. The van der Waals surface area contributed by atoms with Crippen LogP contribution in [0.15, 0.2) is 12.1 Å². The van der Waals surface area contributed by atoms with E-state index >= 15 is 0 Å². The van der Waals surface area contributed by atoms with E-state index < -0.39 is 0 Å². The minimum absolute atomic E-state index is 0.0741. The molecule has 0 spiro atoms. The van der Waals surface area contributed by atoms with Crippen LogP contribution in [0.4, 0.5) is 4.39 Å². The Morgan fingerprint density at radius 3 is 2.73 bits per heavy atom. The quantitative estimate of drug-likeness (QED) is 0.837. The van der Waals surface area contributed by atoms with Crippen molar-refractivity contribution in [2.45, 2.75) is 31.2 Å². The molecule has 0 radical (unpaired) electrons. The number of halogens is 2. The van der Waals surface area contributed by atoms with Gasteiger partial charge >= 0.3 is 0 Å². The third-order valence-electron chi connectivity index (χ3n) is 2.93. The lowest BCUT2D eigenvalue weighted by Crippen LogP contribution is -2.22. The largest absolute Gasteiger partial charge is 0.506 e. The Labute approximate surface area is 92.9 Å². The summed E-state index contributed by atoms with van der Waals surface area (Å²) in [7, 11) is 0. The number of benzene rings is 1. The summed E-state index contributed by atoms with van der Waals surface area (Å²) in [6.45, 7) is 0. The highest BCUT2D eigenvalue weighted by molar-refractivity contribution is 6.32. The maximum atomic E-state index is 13.4. The van der Waals surface area contributed by atoms with Crippen molar-refractivity contribution in [3.8, 4) is 5.75 Å². The van der Waals surface area contributed by atoms with Crippen LogP contribution in [-0.4, -0.2) is 10.6 Å². The maximum absolute atomic E-state index is 13.4. The SMILES string of the molecule is NC1(CCc2c(F)ccc(O)c2Cl)CC1. The van der Waals surface area contributed by atoms with Gasteiger partial charge in [0.25, 0.3) is 0 Å². The summed E-state index contributed by atoms with van der Waals surface area (Å²) in [4.78, 5) is 0. The van der Waals surface area contributed by atoms with Gasteiger partial charge in [0, 0.05) is 11.1 Å². The maximum Gasteiger partial charge on any atom is 0.134 e. The third-order valence-corrected chi connectivity index (χ3v) is 3.35. The van der Waals surface area contributed by atoms with Crippen LogP contribution in [0.3, 0.4) is 0 Å². The van der Waals surface area contributed by atoms with E-state index in [1.807, 2.05) is 0 Å². The first kappa shape index (κ1) is 10.7. The molecule has 0 bridgehead atoms. The van der Waals surface area contributed by atoms with E-state index in [2.05, 4.69) is 0 Å². The Hall–Kier alpha value is -0.800. The number of nitrogens with two attached hydrogens (primary N) is 1. The van der Waals surface area contributed by atoms with E-state index in [0.29, 0.717) is 18.4 Å². The van der Waals surface area contributed by atoms with E-state index in [0.717, 1.165) is 12.8 Å². The Balaban J connectivity index is 2.16. The lowest BCUT2D eigenvalue weighted by molar-refractivity contribution is 0.470. The number of aromatic hydroxyl groups is 1. The van der Waals surface area contributed by atoms with Crippen LogP contribution in [0.5, 0.6) is 5.75 Å². The highest BCUT2D eigenvalue weighted by atomic mass is 35.5. The summed E-state index contributed by atoms with van der Waals surface area (Å²) in [6, 6.07) is 2.49. The first-order valence-corrected chi connectivity index (χ1v) is 5.34. The molecular formula is C11H13ClFNO. The highest BCUT2D eigenvalue weighted by Crippen LogP contribution is 2.38. The molecule has 0 amide bonds. The van der Waals surface area contributed by atoms with Crippen molar-refractivity contribution >= 4 is 11.6 Å². The molecular weight excluding hydrogens is 217 g/mol. The average Bonchev–Trinajstić information content (AvgIpc) is 2.91. The van der Waals surface area contributed by atoms with Crippen LogP contribution in [0.25, 0.3) is 0 Å². The van der Waals surface area contributed by atoms with Crippen LogP contribution < -0.4 is 5.73 Å². The molecule has 3 N–H and O–H groups in total. The van der Waals surface area contributed by atoms with Crippen molar-refractivity contribution in [2.24, 2.45) is 5.73 Å². The van der Waals surface area contributed by atoms with Gasteiger partial charge in [0.15, 0.2) is 0 Å². The van der Waals surface area contributed by atoms with E-state index in [1.165, 1.54) is 12.1 Å². The summed E-state index contributed by atoms with van der Waals surface area (Å²) in [6.07, 6.45) is 3.18. The summed E-state index contributed by atoms with van der Waals surface area (Å²) >= 11 is 5.82. The van der Waals surface area contributed by atoms with E-state index in [9.17, 15) is 9.50 Å². The number of phenols is 1. The minimum atomic E-state index is -0.373. The van der Waals surface area contributed by atoms with Crippen molar-refractivity contribution < 1.29 is 9.50 Å². The van der Waals surface area contributed by atoms with Crippen molar-refractivity contribution in [3.05, 3.63) is 28.5 Å². The number of hydrogen-bond donors (Lipinski definition) is 2. The molecule has 1 saturated carbocycles. The molecule has 1 fully saturated rings. The van der Waals surface area contributed by atoms with Crippen LogP contribution in [0, 0.1) is 5.82 Å². The average molecular weight is 230 g/mol. The zero-order valence-corrected chi connectivity index (χ0v) is 9.02. The Bertz CT molecular complexity index is 390. The smallest absolute Gasteiger partial charge is 0.134 e. The molecule has 1 aliphatic rings. The molecule has 0 aliphatic heterocycles. The lowest BCUT2D eigenvalue weighted by Gasteiger charge is -2.10. The topological polar surface area (TPSA) is 46.2 Å². The van der Waals surface area contributed by atoms with Crippen molar-refractivity contribution in [1.29, 1.82) is 0 Å². The molecule has 0 heterocycles. The second-order valence-electron chi connectivity index (χ2n) is 4.22. The number of phenolic OH excluding ortho intramolecular Hbond substituents is 1. The predicted molar refractivity (Wildman–Crippen MR) is 57.5 cm³/mol. The zero-order chi connectivity index (χ0) is 11.1. The van der Waals surface area contributed by atoms with Gasteiger partial charge in [-0.05, 0) is 37.8 Å². The Kier molecular flexibility index (Phi) is 2.61. The molecule has 1 aromatic rings. The van der Waals surface area contributed by atoms with Gasteiger partial charge in [-0.15, -0.1) is 0 Å². The normalized spacial score (nSPS) is 17.8. The van der Waals surface area contributed by atoms with Crippen molar-refractivity contribution in [1.82, 2.24) is 0 Å². The molecule has 0 atom stereocenters. The molecule has 0 saturated heterocycles. The van der Waals surface area contributed by atoms with Gasteiger partial charge < -0.3 is 10.8 Å². The Morgan fingerprint density at radius 2 is 2.13 bits per heavy atom. The first-order valence-electron chi connectivity index (χ1n) is 4.97. The second-order valence-corrected chi connectivity index (χ2v) is 4.60. The fourth-order valence-corrected chi connectivity index (χ4v) is 1.85. The van der Waals surface area contributed by atoms with E-state index in [1.54, 1.807) is 0 Å². The molecule has 4 heteroatoms. The van der Waals surface area contributed by atoms with Gasteiger partial charge in [-0.2, -0.15) is 0 Å². The van der Waals surface area contributed by atoms with Crippen LogP contribution in [-0.2, 0) is 6.42 Å². The monoisotopic (exact) mass is 229 g/mol. The van der Waals surface area contributed by atoms with Gasteiger partial charge in [-0.1, -0.05) is 11.6 Å². The number of rotatable bonds is 3. The summed E-state index contributed by atoms with van der Waals surface area (Å²) in [5.41, 5.74) is 6.15. The van der Waals surface area contributed by atoms with Gasteiger partial charge in [-0.3, -0.25) is 0 Å². The standard InChI is InChI=1S/C11H13ClFNO/c12-10-7(3-4-11(14)5-6-11)8(13)1-2-9(10)15/h1-2,15H,3-6,14H2. The van der Waals surface area contributed by atoms with E-state index in [-0.39, 0.29) is 22.1 Å². The fraction of sp³-hybridized carbons (Fsp3) is 0.455. The van der Waals surface area contributed by atoms with Gasteiger partial charge in [0.2, 0.25) is 0 Å². The molecule has 2 nitrogen and oxygen atoms in total. The molecule has 2 rings (SSSR count). The molecule has 1 aliphatic carbocycles. The molecule has 0 unspecified atom stereocenters. The fourth-order valence-electron chi connectivity index (χ4n) is 1.60. The van der Waals surface area contributed by atoms with Crippen molar-refractivity contribution in [3.63, 3.8) is 0 Å². The highest BCUT2D eigenvalue weighted by Gasteiger charge is 2.37. The number of hydrogen-bond acceptors (Lipinski definition) is 2. The molecule has 0 aromatic heterocycles. The van der Waals surface area contributed by atoms with Crippen molar-refractivity contribution in [2.75, 3.05) is 0 Å². The molecule has 1 aromatic carbocycles. The first-order chi connectivity index (χ1) is 7.02. The van der Waals surface area contributed by atoms with Gasteiger partial charge in [-0.25, -0.2) is 4.39 Å². The van der Waals surface area contributed by atoms with Crippen LogP contribution >= 0.6 is 11.6 Å². The third kappa shape index (κ3) is 2.24. The van der Waals surface area contributed by atoms with Crippen LogP contribution in [0.1, 0.15) is 24.8 Å². The minimum Gasteiger partial charge on any atom is -0.506 e.